The molecule has 3 N–H and O–H groups in total. The van der Waals surface area contributed by atoms with Crippen LogP contribution in [-0.4, -0.2) is 17.5 Å². The molecule has 0 radical (unpaired) electrons. The fourth-order valence-electron chi connectivity index (χ4n) is 1.66. The molecule has 0 amide bonds. The first-order valence-corrected chi connectivity index (χ1v) is 6.18. The van der Waals surface area contributed by atoms with Crippen molar-refractivity contribution in [1.82, 2.24) is 10.3 Å². The van der Waals surface area contributed by atoms with Crippen LogP contribution in [0.3, 0.4) is 0 Å². The summed E-state index contributed by atoms with van der Waals surface area (Å²) in [7, 11) is 0. The molecule has 0 saturated carbocycles. The van der Waals surface area contributed by atoms with Crippen molar-refractivity contribution in [3.63, 3.8) is 0 Å². The molecule has 0 aliphatic rings. The van der Waals surface area contributed by atoms with Gasteiger partial charge in [0.15, 0.2) is 5.96 Å². The third-order valence-corrected chi connectivity index (χ3v) is 2.64. The summed E-state index contributed by atoms with van der Waals surface area (Å²) < 4.78 is 0. The molecule has 2 rings (SSSR count). The van der Waals surface area contributed by atoms with E-state index in [9.17, 15) is 0 Å². The van der Waals surface area contributed by atoms with Gasteiger partial charge in [-0.2, -0.15) is 0 Å². The van der Waals surface area contributed by atoms with Gasteiger partial charge in [0.25, 0.3) is 0 Å². The molecule has 0 bridgehead atoms. The fourth-order valence-corrected chi connectivity index (χ4v) is 1.66. The molecule has 4 nitrogen and oxygen atoms in total. The second-order valence-electron chi connectivity index (χ2n) is 4.51. The van der Waals surface area contributed by atoms with Gasteiger partial charge < -0.3 is 11.1 Å². The molecule has 0 aliphatic heterocycles. The number of halogens is 1. The fraction of sp³-hybridized carbons (Fsp3) is 0.200. The quantitative estimate of drug-likeness (QED) is 0.370. The number of rotatable bonds is 4. The van der Waals surface area contributed by atoms with E-state index in [0.29, 0.717) is 19.0 Å². The molecule has 2 aromatic rings. The first-order valence-electron chi connectivity index (χ1n) is 6.18. The van der Waals surface area contributed by atoms with Crippen molar-refractivity contribution in [2.45, 2.75) is 13.5 Å². The van der Waals surface area contributed by atoms with Crippen molar-refractivity contribution in [2.24, 2.45) is 10.7 Å². The van der Waals surface area contributed by atoms with Crippen molar-refractivity contribution in [1.29, 1.82) is 0 Å². The number of nitrogens with zero attached hydrogens (tertiary/aromatic N) is 2. The molecule has 0 spiro atoms. The summed E-state index contributed by atoms with van der Waals surface area (Å²) in [6.45, 7) is 6.84. The largest absolute Gasteiger partial charge is 0.370 e. The third kappa shape index (κ3) is 4.80. The Morgan fingerprint density at radius 2 is 2.05 bits per heavy atom. The van der Waals surface area contributed by atoms with E-state index in [4.69, 9.17) is 5.73 Å². The van der Waals surface area contributed by atoms with Crippen molar-refractivity contribution >= 4 is 40.8 Å². The van der Waals surface area contributed by atoms with Crippen molar-refractivity contribution < 1.29 is 0 Å². The highest BCUT2D eigenvalue weighted by Gasteiger charge is 1.98. The summed E-state index contributed by atoms with van der Waals surface area (Å²) >= 11 is 0. The van der Waals surface area contributed by atoms with Gasteiger partial charge in [-0.25, -0.2) is 4.99 Å². The second-order valence-corrected chi connectivity index (χ2v) is 4.51. The molecular weight excluding hydrogens is 363 g/mol. The molecule has 1 aromatic heterocycles. The Bertz CT molecular complexity index is 622. The summed E-state index contributed by atoms with van der Waals surface area (Å²) in [6.07, 6.45) is 0. The number of pyridine rings is 1. The number of nitrogens with two attached hydrogens (primary N) is 1. The SMILES string of the molecule is C=C(C)CNC(N)=NCc1ccc2ccccc2n1.I. The van der Waals surface area contributed by atoms with Crippen LogP contribution in [0.5, 0.6) is 0 Å². The van der Waals surface area contributed by atoms with Gasteiger partial charge in [0.05, 0.1) is 17.8 Å². The highest BCUT2D eigenvalue weighted by atomic mass is 127. The minimum atomic E-state index is 0. The predicted octanol–water partition coefficient (Wildman–Crippen LogP) is 2.83. The Kier molecular flexibility index (Phi) is 6.44. The van der Waals surface area contributed by atoms with E-state index < -0.39 is 0 Å². The number of fused-ring (bicyclic) bond motifs is 1. The molecule has 0 saturated heterocycles. The van der Waals surface area contributed by atoms with Crippen LogP contribution < -0.4 is 11.1 Å². The zero-order chi connectivity index (χ0) is 13.7. The maximum atomic E-state index is 5.75. The lowest BCUT2D eigenvalue weighted by molar-refractivity contribution is 0.926. The van der Waals surface area contributed by atoms with Crippen LogP contribution in [0, 0.1) is 0 Å². The molecule has 0 atom stereocenters. The van der Waals surface area contributed by atoms with Crippen LogP contribution >= 0.6 is 24.0 Å². The zero-order valence-corrected chi connectivity index (χ0v) is 13.8. The van der Waals surface area contributed by atoms with Crippen LogP contribution in [0.15, 0.2) is 53.5 Å². The molecule has 20 heavy (non-hydrogen) atoms. The summed E-state index contributed by atoms with van der Waals surface area (Å²) in [6, 6.07) is 12.0. The Morgan fingerprint density at radius 1 is 1.30 bits per heavy atom. The standard InChI is InChI=1S/C15H18N4.HI/c1-11(2)9-17-15(16)18-10-13-8-7-12-5-3-4-6-14(12)19-13;/h3-8H,1,9-10H2,2H3,(H3,16,17,18);1H. The van der Waals surface area contributed by atoms with Gasteiger partial charge in [0.1, 0.15) is 0 Å². The number of aromatic nitrogens is 1. The van der Waals surface area contributed by atoms with Gasteiger partial charge in [0, 0.05) is 11.9 Å². The van der Waals surface area contributed by atoms with Crippen molar-refractivity contribution in [3.8, 4) is 0 Å². The van der Waals surface area contributed by atoms with Gasteiger partial charge in [-0.3, -0.25) is 4.98 Å². The highest BCUT2D eigenvalue weighted by Crippen LogP contribution is 2.12. The van der Waals surface area contributed by atoms with Crippen LogP contribution in [0.2, 0.25) is 0 Å². The van der Waals surface area contributed by atoms with Crippen LogP contribution in [0.25, 0.3) is 10.9 Å². The first-order chi connectivity index (χ1) is 9.15. The Labute approximate surface area is 136 Å². The van der Waals surface area contributed by atoms with Gasteiger partial charge in [-0.15, -0.1) is 24.0 Å². The van der Waals surface area contributed by atoms with Crippen molar-refractivity contribution in [2.75, 3.05) is 6.54 Å². The molecule has 5 heteroatoms. The molecule has 1 heterocycles. The van der Waals surface area contributed by atoms with Crippen molar-refractivity contribution in [3.05, 3.63) is 54.2 Å². The van der Waals surface area contributed by atoms with E-state index in [1.54, 1.807) is 0 Å². The van der Waals surface area contributed by atoms with Crippen LogP contribution in [0.4, 0.5) is 0 Å². The minimum absolute atomic E-state index is 0. The lowest BCUT2D eigenvalue weighted by Gasteiger charge is -2.05. The normalized spacial score (nSPS) is 10.9. The third-order valence-electron chi connectivity index (χ3n) is 2.64. The summed E-state index contributed by atoms with van der Waals surface area (Å²) in [5.74, 6) is 0.415. The van der Waals surface area contributed by atoms with E-state index >= 15 is 0 Å². The smallest absolute Gasteiger partial charge is 0.189 e. The summed E-state index contributed by atoms with van der Waals surface area (Å²) in [5.41, 5.74) is 8.65. The minimum Gasteiger partial charge on any atom is -0.370 e. The number of hydrogen-bond donors (Lipinski definition) is 2. The molecule has 0 aliphatic carbocycles. The first kappa shape index (κ1) is 16.4. The second kappa shape index (κ2) is 7.84. The number of hydrogen-bond acceptors (Lipinski definition) is 2. The Hall–Kier alpha value is -1.63. The Morgan fingerprint density at radius 3 is 2.80 bits per heavy atom. The van der Waals surface area contributed by atoms with Gasteiger partial charge >= 0.3 is 0 Å². The van der Waals surface area contributed by atoms with E-state index in [-0.39, 0.29) is 24.0 Å². The van der Waals surface area contributed by atoms with Gasteiger partial charge in [-0.1, -0.05) is 36.4 Å². The van der Waals surface area contributed by atoms with E-state index in [0.717, 1.165) is 22.2 Å². The highest BCUT2D eigenvalue weighted by molar-refractivity contribution is 14.0. The molecule has 1 aromatic carbocycles. The maximum absolute atomic E-state index is 5.75. The number of benzene rings is 1. The molecule has 0 fully saturated rings. The lowest BCUT2D eigenvalue weighted by Crippen LogP contribution is -2.32. The average Bonchev–Trinajstić information content (AvgIpc) is 2.42. The number of guanidine groups is 1. The van der Waals surface area contributed by atoms with E-state index in [1.165, 1.54) is 0 Å². The van der Waals surface area contributed by atoms with Crippen LogP contribution in [0.1, 0.15) is 12.6 Å². The van der Waals surface area contributed by atoms with Gasteiger partial charge in [0.2, 0.25) is 0 Å². The predicted molar refractivity (Wildman–Crippen MR) is 95.3 cm³/mol. The topological polar surface area (TPSA) is 63.3 Å². The molecule has 0 unspecified atom stereocenters. The molecule has 106 valence electrons. The number of para-hydroxylation sites is 1. The number of aliphatic imine (C=N–C) groups is 1. The number of nitrogens with one attached hydrogen (secondary N) is 1. The van der Waals surface area contributed by atoms with Gasteiger partial charge in [-0.05, 0) is 19.1 Å². The molecular formula is C15H19IN4. The maximum Gasteiger partial charge on any atom is 0.189 e. The van der Waals surface area contributed by atoms with E-state index in [1.807, 2.05) is 43.3 Å². The van der Waals surface area contributed by atoms with Crippen LogP contribution in [-0.2, 0) is 6.54 Å². The summed E-state index contributed by atoms with van der Waals surface area (Å²) in [5, 5.41) is 4.12. The Balaban J connectivity index is 0.00000200. The lowest BCUT2D eigenvalue weighted by atomic mass is 10.2. The zero-order valence-electron chi connectivity index (χ0n) is 11.5. The van der Waals surface area contributed by atoms with E-state index in [2.05, 4.69) is 21.9 Å². The monoisotopic (exact) mass is 382 g/mol. The average molecular weight is 382 g/mol. The summed E-state index contributed by atoms with van der Waals surface area (Å²) in [4.78, 5) is 8.79.